The van der Waals surface area contributed by atoms with Crippen molar-refractivity contribution in [1.29, 1.82) is 0 Å². The second kappa shape index (κ2) is 7.21. The first-order chi connectivity index (χ1) is 7.34. The Hall–Kier alpha value is -1.12. The predicted octanol–water partition coefficient (Wildman–Crippen LogP) is 2.28. The molecule has 2 heteroatoms. The smallest absolute Gasteiger partial charge is 0.0914 e. The van der Waals surface area contributed by atoms with Crippen LogP contribution in [0.5, 0.6) is 0 Å². The first-order valence-corrected chi connectivity index (χ1v) is 5.39. The number of allylic oxidation sites excluding steroid dienone is 1. The fourth-order valence-electron chi connectivity index (χ4n) is 1.38. The molecule has 1 atom stereocenters. The number of rotatable bonds is 6. The van der Waals surface area contributed by atoms with Crippen molar-refractivity contribution in [2.45, 2.75) is 19.4 Å². The quantitative estimate of drug-likeness (QED) is 0.551. The molecule has 0 aliphatic carbocycles. The summed E-state index contributed by atoms with van der Waals surface area (Å²) in [7, 11) is 0. The van der Waals surface area contributed by atoms with Gasteiger partial charge in [0.15, 0.2) is 0 Å². The van der Waals surface area contributed by atoms with Gasteiger partial charge in [0.1, 0.15) is 0 Å². The molecule has 82 valence electrons. The van der Waals surface area contributed by atoms with Gasteiger partial charge < -0.3 is 10.4 Å². The van der Waals surface area contributed by atoms with E-state index in [4.69, 9.17) is 0 Å². The zero-order valence-electron chi connectivity index (χ0n) is 9.19. The van der Waals surface area contributed by atoms with E-state index in [0.29, 0.717) is 6.54 Å². The third kappa shape index (κ3) is 4.77. The monoisotopic (exact) mass is 205 g/mol. The summed E-state index contributed by atoms with van der Waals surface area (Å²) in [4.78, 5) is 0. The standard InChI is InChI=1S/C13H19NO/c1-2-3-7-10-14-11-13(15)12-8-5-4-6-9-12/h2-6,8-9,13-15H,7,10-11H2,1H3/b3-2+. The van der Waals surface area contributed by atoms with Crippen molar-refractivity contribution in [2.24, 2.45) is 0 Å². The lowest BCUT2D eigenvalue weighted by atomic mass is 10.1. The number of aliphatic hydroxyl groups excluding tert-OH is 1. The number of hydrogen-bond donors (Lipinski definition) is 2. The van der Waals surface area contributed by atoms with Crippen molar-refractivity contribution in [1.82, 2.24) is 5.32 Å². The zero-order chi connectivity index (χ0) is 10.9. The number of aliphatic hydroxyl groups is 1. The Kier molecular flexibility index (Phi) is 5.74. The zero-order valence-corrected chi connectivity index (χ0v) is 9.19. The van der Waals surface area contributed by atoms with Crippen LogP contribution in [0.4, 0.5) is 0 Å². The average molecular weight is 205 g/mol. The average Bonchev–Trinajstić information content (AvgIpc) is 2.30. The molecule has 0 radical (unpaired) electrons. The highest BCUT2D eigenvalue weighted by atomic mass is 16.3. The van der Waals surface area contributed by atoms with E-state index in [0.717, 1.165) is 18.5 Å². The molecule has 0 aromatic heterocycles. The van der Waals surface area contributed by atoms with Crippen LogP contribution in [0.25, 0.3) is 0 Å². The Morgan fingerprint density at radius 1 is 1.33 bits per heavy atom. The topological polar surface area (TPSA) is 32.3 Å². The van der Waals surface area contributed by atoms with Crippen molar-refractivity contribution in [3.8, 4) is 0 Å². The van der Waals surface area contributed by atoms with E-state index in [2.05, 4.69) is 11.4 Å². The molecule has 0 heterocycles. The molecule has 0 saturated carbocycles. The highest BCUT2D eigenvalue weighted by molar-refractivity contribution is 5.17. The van der Waals surface area contributed by atoms with E-state index in [1.807, 2.05) is 43.3 Å². The molecule has 2 N–H and O–H groups in total. The van der Waals surface area contributed by atoms with Crippen molar-refractivity contribution in [2.75, 3.05) is 13.1 Å². The van der Waals surface area contributed by atoms with Gasteiger partial charge >= 0.3 is 0 Å². The minimum atomic E-state index is -0.406. The fraction of sp³-hybridized carbons (Fsp3) is 0.385. The van der Waals surface area contributed by atoms with Crippen LogP contribution in [0.1, 0.15) is 25.0 Å². The van der Waals surface area contributed by atoms with Gasteiger partial charge in [0, 0.05) is 6.54 Å². The molecule has 2 nitrogen and oxygen atoms in total. The number of nitrogens with one attached hydrogen (secondary N) is 1. The molecular formula is C13H19NO. The maximum absolute atomic E-state index is 9.80. The van der Waals surface area contributed by atoms with E-state index in [9.17, 15) is 5.11 Å². The van der Waals surface area contributed by atoms with Crippen molar-refractivity contribution in [3.63, 3.8) is 0 Å². The first kappa shape index (κ1) is 12.0. The second-order valence-corrected chi connectivity index (χ2v) is 3.49. The number of benzene rings is 1. The van der Waals surface area contributed by atoms with Crippen molar-refractivity contribution < 1.29 is 5.11 Å². The first-order valence-electron chi connectivity index (χ1n) is 5.39. The molecule has 15 heavy (non-hydrogen) atoms. The molecule has 0 saturated heterocycles. The summed E-state index contributed by atoms with van der Waals surface area (Å²) in [6.07, 6.45) is 4.76. The summed E-state index contributed by atoms with van der Waals surface area (Å²) in [5, 5.41) is 13.0. The molecule has 0 amide bonds. The van der Waals surface area contributed by atoms with Crippen LogP contribution in [-0.4, -0.2) is 18.2 Å². The molecule has 0 aliphatic heterocycles. The molecule has 0 fully saturated rings. The summed E-state index contributed by atoms with van der Waals surface area (Å²) in [5.41, 5.74) is 0.969. The van der Waals surface area contributed by atoms with Gasteiger partial charge in [-0.15, -0.1) is 0 Å². The van der Waals surface area contributed by atoms with Crippen LogP contribution < -0.4 is 5.32 Å². The Morgan fingerprint density at radius 2 is 2.07 bits per heavy atom. The van der Waals surface area contributed by atoms with E-state index >= 15 is 0 Å². The van der Waals surface area contributed by atoms with Crippen molar-refractivity contribution in [3.05, 3.63) is 48.0 Å². The van der Waals surface area contributed by atoms with Gasteiger partial charge in [-0.2, -0.15) is 0 Å². The van der Waals surface area contributed by atoms with Gasteiger partial charge in [-0.05, 0) is 25.5 Å². The summed E-state index contributed by atoms with van der Waals surface area (Å²) in [6.45, 7) is 3.54. The lowest BCUT2D eigenvalue weighted by molar-refractivity contribution is 0.175. The minimum absolute atomic E-state index is 0.406. The normalized spacial score (nSPS) is 13.2. The fourth-order valence-corrected chi connectivity index (χ4v) is 1.38. The van der Waals surface area contributed by atoms with E-state index in [1.165, 1.54) is 0 Å². The van der Waals surface area contributed by atoms with E-state index in [-0.39, 0.29) is 0 Å². The third-order valence-electron chi connectivity index (χ3n) is 2.25. The Labute approximate surface area is 91.6 Å². The van der Waals surface area contributed by atoms with E-state index in [1.54, 1.807) is 0 Å². The van der Waals surface area contributed by atoms with Gasteiger partial charge in [-0.25, -0.2) is 0 Å². The second-order valence-electron chi connectivity index (χ2n) is 3.49. The Morgan fingerprint density at radius 3 is 2.73 bits per heavy atom. The van der Waals surface area contributed by atoms with Crippen LogP contribution in [0, 0.1) is 0 Å². The maximum atomic E-state index is 9.80. The van der Waals surface area contributed by atoms with Gasteiger partial charge in [0.25, 0.3) is 0 Å². The van der Waals surface area contributed by atoms with Gasteiger partial charge in [0.2, 0.25) is 0 Å². The predicted molar refractivity (Wildman–Crippen MR) is 63.7 cm³/mol. The summed E-state index contributed by atoms with van der Waals surface area (Å²) in [6, 6.07) is 9.73. The molecular weight excluding hydrogens is 186 g/mol. The van der Waals surface area contributed by atoms with Crippen LogP contribution >= 0.6 is 0 Å². The van der Waals surface area contributed by atoms with E-state index < -0.39 is 6.10 Å². The highest BCUT2D eigenvalue weighted by Crippen LogP contribution is 2.10. The van der Waals surface area contributed by atoms with Gasteiger partial charge in [-0.1, -0.05) is 42.5 Å². The SMILES string of the molecule is C/C=C/CCNCC(O)c1ccccc1. The lowest BCUT2D eigenvalue weighted by Crippen LogP contribution is -2.22. The van der Waals surface area contributed by atoms with Gasteiger partial charge in [-0.3, -0.25) is 0 Å². The molecule has 1 aromatic rings. The Bertz CT molecular complexity index is 282. The molecule has 1 unspecified atom stereocenters. The van der Waals surface area contributed by atoms with Gasteiger partial charge in [0.05, 0.1) is 6.10 Å². The molecule has 0 bridgehead atoms. The van der Waals surface area contributed by atoms with Crippen LogP contribution in [0.2, 0.25) is 0 Å². The van der Waals surface area contributed by atoms with Crippen LogP contribution in [-0.2, 0) is 0 Å². The maximum Gasteiger partial charge on any atom is 0.0914 e. The Balaban J connectivity index is 2.22. The van der Waals surface area contributed by atoms with Crippen LogP contribution in [0.15, 0.2) is 42.5 Å². The summed E-state index contributed by atoms with van der Waals surface area (Å²) in [5.74, 6) is 0. The lowest BCUT2D eigenvalue weighted by Gasteiger charge is -2.11. The molecule has 0 spiro atoms. The molecule has 1 rings (SSSR count). The largest absolute Gasteiger partial charge is 0.387 e. The van der Waals surface area contributed by atoms with Crippen molar-refractivity contribution >= 4 is 0 Å². The minimum Gasteiger partial charge on any atom is -0.387 e. The number of hydrogen-bond acceptors (Lipinski definition) is 2. The highest BCUT2D eigenvalue weighted by Gasteiger charge is 2.04. The molecule has 1 aromatic carbocycles. The summed E-state index contributed by atoms with van der Waals surface area (Å²) >= 11 is 0. The summed E-state index contributed by atoms with van der Waals surface area (Å²) < 4.78 is 0. The van der Waals surface area contributed by atoms with Crippen LogP contribution in [0.3, 0.4) is 0 Å². The third-order valence-corrected chi connectivity index (χ3v) is 2.25. The molecule has 0 aliphatic rings.